The van der Waals surface area contributed by atoms with Crippen molar-refractivity contribution in [2.45, 2.75) is 39.7 Å². The Kier molecular flexibility index (Phi) is 4.65. The van der Waals surface area contributed by atoms with Crippen LogP contribution in [0.15, 0.2) is 30.3 Å². The number of hydrogen-bond acceptors (Lipinski definition) is 5. The first-order chi connectivity index (χ1) is 11.1. The molecule has 1 N–H and O–H groups in total. The van der Waals surface area contributed by atoms with Crippen LogP contribution in [0.5, 0.6) is 5.75 Å². The first kappa shape index (κ1) is 15.6. The fourth-order valence-electron chi connectivity index (χ4n) is 2.76. The molecule has 0 spiro atoms. The molecule has 1 aliphatic heterocycles. The highest BCUT2D eigenvalue weighted by molar-refractivity contribution is 5.63. The van der Waals surface area contributed by atoms with Gasteiger partial charge in [0.15, 0.2) is 0 Å². The third kappa shape index (κ3) is 3.92. The summed E-state index contributed by atoms with van der Waals surface area (Å²) in [6.45, 7) is 8.19. The largest absolute Gasteiger partial charge is 0.489 e. The van der Waals surface area contributed by atoms with Crippen LogP contribution in [0.1, 0.15) is 32.4 Å². The van der Waals surface area contributed by atoms with Gasteiger partial charge < -0.3 is 15.0 Å². The van der Waals surface area contributed by atoms with Crippen LogP contribution >= 0.6 is 0 Å². The molecule has 5 heteroatoms. The fraction of sp³-hybridized carbons (Fsp3) is 0.444. The molecule has 0 saturated carbocycles. The van der Waals surface area contributed by atoms with Crippen LogP contribution in [0.3, 0.4) is 0 Å². The molecule has 122 valence electrons. The lowest BCUT2D eigenvalue weighted by Crippen LogP contribution is -2.20. The van der Waals surface area contributed by atoms with E-state index in [-0.39, 0.29) is 6.10 Å². The van der Waals surface area contributed by atoms with Crippen molar-refractivity contribution < 1.29 is 4.74 Å². The molecule has 1 fully saturated rings. The highest BCUT2D eigenvalue weighted by Gasteiger charge is 2.15. The highest BCUT2D eigenvalue weighted by atomic mass is 16.5. The molecule has 1 aromatic carbocycles. The monoisotopic (exact) mass is 312 g/mol. The lowest BCUT2D eigenvalue weighted by atomic mass is 10.3. The van der Waals surface area contributed by atoms with Gasteiger partial charge in [0.1, 0.15) is 11.6 Å². The smallest absolute Gasteiger partial charge is 0.229 e. The number of rotatable bonds is 5. The number of aromatic nitrogens is 2. The van der Waals surface area contributed by atoms with Gasteiger partial charge in [-0.05, 0) is 45.7 Å². The van der Waals surface area contributed by atoms with E-state index in [4.69, 9.17) is 4.74 Å². The molecular weight excluding hydrogens is 288 g/mol. The topological polar surface area (TPSA) is 50.3 Å². The van der Waals surface area contributed by atoms with Crippen molar-refractivity contribution in [3.63, 3.8) is 0 Å². The van der Waals surface area contributed by atoms with Crippen molar-refractivity contribution in [3.05, 3.63) is 36.0 Å². The average molecular weight is 312 g/mol. The maximum Gasteiger partial charge on any atom is 0.229 e. The minimum atomic E-state index is 0.122. The summed E-state index contributed by atoms with van der Waals surface area (Å²) in [5.74, 6) is 2.43. The van der Waals surface area contributed by atoms with Gasteiger partial charge in [-0.25, -0.2) is 4.98 Å². The van der Waals surface area contributed by atoms with Crippen molar-refractivity contribution in [2.75, 3.05) is 23.3 Å². The third-order valence-electron chi connectivity index (χ3n) is 3.77. The Morgan fingerprint density at radius 2 is 1.87 bits per heavy atom. The van der Waals surface area contributed by atoms with Crippen LogP contribution in [0.25, 0.3) is 0 Å². The number of para-hydroxylation sites is 2. The quantitative estimate of drug-likeness (QED) is 0.907. The zero-order chi connectivity index (χ0) is 16.2. The van der Waals surface area contributed by atoms with Gasteiger partial charge >= 0.3 is 0 Å². The normalized spacial score (nSPS) is 14.3. The number of anilines is 3. The molecule has 1 aliphatic rings. The number of hydrogen-bond donors (Lipinski definition) is 1. The second-order valence-electron chi connectivity index (χ2n) is 6.17. The number of nitrogens with one attached hydrogen (secondary N) is 1. The van der Waals surface area contributed by atoms with E-state index >= 15 is 0 Å². The fourth-order valence-corrected chi connectivity index (χ4v) is 2.76. The minimum Gasteiger partial charge on any atom is -0.489 e. The van der Waals surface area contributed by atoms with E-state index in [1.807, 2.05) is 51.1 Å². The summed E-state index contributed by atoms with van der Waals surface area (Å²) >= 11 is 0. The van der Waals surface area contributed by atoms with E-state index in [0.717, 1.165) is 36.0 Å². The van der Waals surface area contributed by atoms with Crippen LogP contribution in [-0.2, 0) is 0 Å². The Morgan fingerprint density at radius 3 is 2.61 bits per heavy atom. The molecule has 0 unspecified atom stereocenters. The molecule has 5 nitrogen and oxygen atoms in total. The molecule has 0 atom stereocenters. The molecule has 0 radical (unpaired) electrons. The van der Waals surface area contributed by atoms with E-state index in [1.54, 1.807) is 0 Å². The Balaban J connectivity index is 1.85. The second kappa shape index (κ2) is 6.86. The Bertz CT molecular complexity index is 666. The number of nitrogens with zero attached hydrogens (tertiary/aromatic N) is 3. The summed E-state index contributed by atoms with van der Waals surface area (Å²) in [6, 6.07) is 9.94. The van der Waals surface area contributed by atoms with E-state index in [2.05, 4.69) is 20.2 Å². The molecule has 3 rings (SSSR count). The SMILES string of the molecule is Cc1cc(N2CCCC2)nc(Nc2ccccc2OC(C)C)n1. The van der Waals surface area contributed by atoms with Gasteiger partial charge in [-0.15, -0.1) is 0 Å². The maximum atomic E-state index is 5.85. The molecule has 0 bridgehead atoms. The van der Waals surface area contributed by atoms with Crippen molar-refractivity contribution in [3.8, 4) is 5.75 Å². The zero-order valence-corrected chi connectivity index (χ0v) is 14.0. The first-order valence-corrected chi connectivity index (χ1v) is 8.25. The second-order valence-corrected chi connectivity index (χ2v) is 6.17. The Hall–Kier alpha value is -2.30. The number of benzene rings is 1. The molecule has 0 amide bonds. The van der Waals surface area contributed by atoms with E-state index < -0.39 is 0 Å². The predicted octanol–water partition coefficient (Wildman–Crippen LogP) is 3.92. The van der Waals surface area contributed by atoms with Gasteiger partial charge in [0.2, 0.25) is 5.95 Å². The molecule has 0 aliphatic carbocycles. The maximum absolute atomic E-state index is 5.85. The molecule has 1 aromatic heterocycles. The Labute approximate surface area is 137 Å². The molecule has 23 heavy (non-hydrogen) atoms. The van der Waals surface area contributed by atoms with Gasteiger partial charge in [-0.1, -0.05) is 12.1 Å². The van der Waals surface area contributed by atoms with Gasteiger partial charge in [0.25, 0.3) is 0 Å². The standard InChI is InChI=1S/C18H24N4O/c1-13(2)23-16-9-5-4-8-15(16)20-18-19-14(3)12-17(21-18)22-10-6-7-11-22/h4-5,8-9,12-13H,6-7,10-11H2,1-3H3,(H,19,20,21). The van der Waals surface area contributed by atoms with Gasteiger partial charge in [-0.3, -0.25) is 0 Å². The summed E-state index contributed by atoms with van der Waals surface area (Å²) in [5, 5.41) is 3.31. The molecular formula is C18H24N4O. The summed E-state index contributed by atoms with van der Waals surface area (Å²) in [5.41, 5.74) is 1.85. The molecule has 1 saturated heterocycles. The van der Waals surface area contributed by atoms with Gasteiger partial charge in [0, 0.05) is 24.8 Å². The highest BCUT2D eigenvalue weighted by Crippen LogP contribution is 2.28. The van der Waals surface area contributed by atoms with Crippen LogP contribution in [0.4, 0.5) is 17.5 Å². The lowest BCUT2D eigenvalue weighted by molar-refractivity contribution is 0.244. The first-order valence-electron chi connectivity index (χ1n) is 8.25. The van der Waals surface area contributed by atoms with Gasteiger partial charge in [-0.2, -0.15) is 4.98 Å². The summed E-state index contributed by atoms with van der Waals surface area (Å²) in [4.78, 5) is 11.5. The Morgan fingerprint density at radius 1 is 1.13 bits per heavy atom. The molecule has 2 heterocycles. The lowest BCUT2D eigenvalue weighted by Gasteiger charge is -2.19. The number of ether oxygens (including phenoxy) is 1. The van der Waals surface area contributed by atoms with Crippen LogP contribution < -0.4 is 15.0 Å². The van der Waals surface area contributed by atoms with Crippen LogP contribution in [0, 0.1) is 6.92 Å². The van der Waals surface area contributed by atoms with Crippen molar-refractivity contribution in [1.82, 2.24) is 9.97 Å². The van der Waals surface area contributed by atoms with Crippen molar-refractivity contribution in [1.29, 1.82) is 0 Å². The van der Waals surface area contributed by atoms with E-state index in [0.29, 0.717) is 5.95 Å². The van der Waals surface area contributed by atoms with Crippen molar-refractivity contribution in [2.24, 2.45) is 0 Å². The van der Waals surface area contributed by atoms with Crippen LogP contribution in [0.2, 0.25) is 0 Å². The van der Waals surface area contributed by atoms with Gasteiger partial charge in [0.05, 0.1) is 11.8 Å². The summed E-state index contributed by atoms with van der Waals surface area (Å²) in [7, 11) is 0. The minimum absolute atomic E-state index is 0.122. The summed E-state index contributed by atoms with van der Waals surface area (Å²) in [6.07, 6.45) is 2.59. The van der Waals surface area contributed by atoms with E-state index in [1.165, 1.54) is 12.8 Å². The predicted molar refractivity (Wildman–Crippen MR) is 93.7 cm³/mol. The van der Waals surface area contributed by atoms with Crippen LogP contribution in [-0.4, -0.2) is 29.2 Å². The average Bonchev–Trinajstić information content (AvgIpc) is 3.02. The third-order valence-corrected chi connectivity index (χ3v) is 3.77. The summed E-state index contributed by atoms with van der Waals surface area (Å²) < 4.78 is 5.85. The van der Waals surface area contributed by atoms with E-state index in [9.17, 15) is 0 Å². The molecule has 2 aromatic rings. The zero-order valence-electron chi connectivity index (χ0n) is 14.0. The number of aryl methyl sites for hydroxylation is 1. The van der Waals surface area contributed by atoms with Crippen molar-refractivity contribution >= 4 is 17.5 Å².